The van der Waals surface area contributed by atoms with E-state index in [1.54, 1.807) is 0 Å². The first-order valence-corrected chi connectivity index (χ1v) is 10.5. The van der Waals surface area contributed by atoms with E-state index in [-0.39, 0.29) is 0 Å². The molecule has 29 heavy (non-hydrogen) atoms. The predicted octanol–water partition coefficient (Wildman–Crippen LogP) is 7.69. The van der Waals surface area contributed by atoms with Gasteiger partial charge in [-0.05, 0) is 95.7 Å². The fraction of sp³-hybridized carbons (Fsp3) is 0.241. The molecule has 0 spiro atoms. The van der Waals surface area contributed by atoms with Crippen molar-refractivity contribution in [2.75, 3.05) is 0 Å². The lowest BCUT2D eigenvalue weighted by molar-refractivity contribution is 1.10. The summed E-state index contributed by atoms with van der Waals surface area (Å²) in [6, 6.07) is 22.2. The molecule has 0 fully saturated rings. The molecule has 0 saturated carbocycles. The maximum atomic E-state index is 4.34. The Morgan fingerprint density at radius 1 is 0.621 bits per heavy atom. The van der Waals surface area contributed by atoms with E-state index in [1.165, 1.54) is 50.1 Å². The molecule has 0 aromatic heterocycles. The topological polar surface area (TPSA) is 0 Å². The Morgan fingerprint density at radius 2 is 1.10 bits per heavy atom. The molecule has 0 radical (unpaired) electrons. The van der Waals surface area contributed by atoms with Gasteiger partial charge in [0.05, 0.1) is 0 Å². The predicted molar refractivity (Wildman–Crippen MR) is 128 cm³/mol. The summed E-state index contributed by atoms with van der Waals surface area (Å²) in [5, 5.41) is 0. The maximum Gasteiger partial charge on any atom is -0.00257 e. The Hall–Kier alpha value is -2.86. The quantitative estimate of drug-likeness (QED) is 0.394. The lowest BCUT2D eigenvalue weighted by Crippen LogP contribution is -1.95. The smallest absolute Gasteiger partial charge is 0.00257 e. The first-order valence-electron chi connectivity index (χ1n) is 10.5. The van der Waals surface area contributed by atoms with Gasteiger partial charge in [-0.25, -0.2) is 0 Å². The Labute approximate surface area is 176 Å². The van der Waals surface area contributed by atoms with Gasteiger partial charge in [0.2, 0.25) is 0 Å². The van der Waals surface area contributed by atoms with Gasteiger partial charge in [-0.2, -0.15) is 0 Å². The maximum absolute atomic E-state index is 4.34. The molecule has 0 N–H and O–H groups in total. The molecular formula is C29H32. The van der Waals surface area contributed by atoms with Crippen LogP contribution in [0, 0.1) is 20.8 Å². The summed E-state index contributed by atoms with van der Waals surface area (Å²) >= 11 is 0. The second kappa shape index (κ2) is 9.09. The molecule has 0 nitrogen and oxygen atoms in total. The highest BCUT2D eigenvalue weighted by Crippen LogP contribution is 2.24. The third-order valence-electron chi connectivity index (χ3n) is 5.91. The van der Waals surface area contributed by atoms with Crippen LogP contribution in [0.1, 0.15) is 51.4 Å². The second-order valence-corrected chi connectivity index (χ2v) is 8.17. The minimum absolute atomic E-state index is 0.877. The van der Waals surface area contributed by atoms with Gasteiger partial charge in [-0.15, -0.1) is 0 Å². The fourth-order valence-electron chi connectivity index (χ4n) is 3.71. The molecule has 0 atom stereocenters. The minimum atomic E-state index is 0.877. The summed E-state index contributed by atoms with van der Waals surface area (Å²) in [6.07, 6.45) is 2.82. The van der Waals surface area contributed by atoms with Crippen molar-refractivity contribution >= 4 is 11.1 Å². The first kappa shape index (κ1) is 20.9. The highest BCUT2D eigenvalue weighted by molar-refractivity contribution is 5.68. The summed E-state index contributed by atoms with van der Waals surface area (Å²) < 4.78 is 0. The number of hydrogen-bond donors (Lipinski definition) is 0. The third kappa shape index (κ3) is 5.15. The van der Waals surface area contributed by atoms with Crippen molar-refractivity contribution in [3.63, 3.8) is 0 Å². The molecule has 0 heteroatoms. The molecule has 0 aliphatic rings. The Bertz CT molecular complexity index is 1030. The molecule has 0 aliphatic heterocycles. The van der Waals surface area contributed by atoms with Crippen LogP contribution in [0.2, 0.25) is 0 Å². The summed E-state index contributed by atoms with van der Waals surface area (Å²) in [6.45, 7) is 17.3. The number of aryl methyl sites for hydroxylation is 4. The van der Waals surface area contributed by atoms with Gasteiger partial charge in [0.1, 0.15) is 0 Å². The zero-order valence-corrected chi connectivity index (χ0v) is 18.3. The van der Waals surface area contributed by atoms with Crippen LogP contribution in [0.5, 0.6) is 0 Å². The van der Waals surface area contributed by atoms with E-state index in [1.807, 2.05) is 0 Å². The van der Waals surface area contributed by atoms with Gasteiger partial charge in [0.15, 0.2) is 0 Å². The normalized spacial score (nSPS) is 10.8. The lowest BCUT2D eigenvalue weighted by atomic mass is 9.93. The average Bonchev–Trinajstić information content (AvgIpc) is 2.71. The zero-order chi connectivity index (χ0) is 21.0. The number of rotatable bonds is 7. The van der Waals surface area contributed by atoms with Crippen molar-refractivity contribution < 1.29 is 0 Å². The van der Waals surface area contributed by atoms with Crippen molar-refractivity contribution in [2.45, 2.75) is 47.0 Å². The molecule has 0 saturated heterocycles. The van der Waals surface area contributed by atoms with Crippen LogP contribution in [0.4, 0.5) is 0 Å². The van der Waals surface area contributed by atoms with Crippen molar-refractivity contribution in [3.05, 3.63) is 118 Å². The van der Waals surface area contributed by atoms with Gasteiger partial charge in [0, 0.05) is 0 Å². The molecule has 148 valence electrons. The molecule has 0 aliphatic carbocycles. The van der Waals surface area contributed by atoms with Crippen LogP contribution in [0.15, 0.2) is 73.8 Å². The van der Waals surface area contributed by atoms with E-state index in [4.69, 9.17) is 0 Å². The third-order valence-corrected chi connectivity index (χ3v) is 5.91. The van der Waals surface area contributed by atoms with Crippen molar-refractivity contribution in [1.82, 2.24) is 0 Å². The van der Waals surface area contributed by atoms with Crippen LogP contribution >= 0.6 is 0 Å². The van der Waals surface area contributed by atoms with Gasteiger partial charge in [-0.1, -0.05) is 80.7 Å². The monoisotopic (exact) mass is 380 g/mol. The standard InChI is InChI=1S/C29H32/c1-7-27-19-29(15-9-21(27)3)24(6)17-26-12-10-25(11-13-26)16-23(5)28-14-8-20(2)22(4)18-28/h8-15,18-19H,5-7,16-17H2,1-4H3. The molecule has 0 amide bonds. The van der Waals surface area contributed by atoms with Crippen molar-refractivity contribution in [3.8, 4) is 0 Å². The van der Waals surface area contributed by atoms with E-state index in [0.717, 1.165) is 24.8 Å². The van der Waals surface area contributed by atoms with Gasteiger partial charge < -0.3 is 0 Å². The second-order valence-electron chi connectivity index (χ2n) is 8.17. The number of benzene rings is 3. The Morgan fingerprint density at radius 3 is 1.59 bits per heavy atom. The molecule has 3 aromatic rings. The molecular weight excluding hydrogens is 348 g/mol. The molecule has 0 unspecified atom stereocenters. The molecule has 0 heterocycles. The number of allylic oxidation sites excluding steroid dienone is 2. The van der Waals surface area contributed by atoms with Crippen LogP contribution in [0.3, 0.4) is 0 Å². The first-order chi connectivity index (χ1) is 13.9. The largest absolute Gasteiger partial charge is 0.0949 e. The zero-order valence-electron chi connectivity index (χ0n) is 18.3. The molecule has 3 rings (SSSR count). The van der Waals surface area contributed by atoms with E-state index in [9.17, 15) is 0 Å². The summed E-state index contributed by atoms with van der Waals surface area (Å²) in [4.78, 5) is 0. The summed E-state index contributed by atoms with van der Waals surface area (Å²) in [5.41, 5.74) is 12.8. The molecule has 3 aromatic carbocycles. The highest BCUT2D eigenvalue weighted by Gasteiger charge is 2.06. The lowest BCUT2D eigenvalue weighted by Gasteiger charge is -2.12. The van der Waals surface area contributed by atoms with E-state index in [2.05, 4.69) is 102 Å². The highest BCUT2D eigenvalue weighted by atomic mass is 14.1. The molecule has 0 bridgehead atoms. The van der Waals surface area contributed by atoms with Gasteiger partial charge in [0.25, 0.3) is 0 Å². The van der Waals surface area contributed by atoms with Crippen LogP contribution in [-0.4, -0.2) is 0 Å². The fourth-order valence-corrected chi connectivity index (χ4v) is 3.71. The van der Waals surface area contributed by atoms with Gasteiger partial charge >= 0.3 is 0 Å². The van der Waals surface area contributed by atoms with Crippen LogP contribution in [-0.2, 0) is 19.3 Å². The minimum Gasteiger partial charge on any atom is -0.0949 e. The van der Waals surface area contributed by atoms with Gasteiger partial charge in [-0.3, -0.25) is 0 Å². The number of hydrogen-bond acceptors (Lipinski definition) is 0. The van der Waals surface area contributed by atoms with E-state index >= 15 is 0 Å². The van der Waals surface area contributed by atoms with Crippen LogP contribution in [0.25, 0.3) is 11.1 Å². The average molecular weight is 381 g/mol. The van der Waals surface area contributed by atoms with Crippen molar-refractivity contribution in [1.29, 1.82) is 0 Å². The Kier molecular flexibility index (Phi) is 6.54. The van der Waals surface area contributed by atoms with E-state index < -0.39 is 0 Å². The summed E-state index contributed by atoms with van der Waals surface area (Å²) in [7, 11) is 0. The van der Waals surface area contributed by atoms with Crippen LogP contribution < -0.4 is 0 Å². The Balaban J connectivity index is 1.66. The van der Waals surface area contributed by atoms with Crippen molar-refractivity contribution in [2.24, 2.45) is 0 Å². The van der Waals surface area contributed by atoms with E-state index in [0.29, 0.717) is 0 Å². The summed E-state index contributed by atoms with van der Waals surface area (Å²) in [5.74, 6) is 0. The SMILES string of the molecule is C=C(Cc1ccc(CC(=C)c2ccc(C)c(CC)c2)cc1)c1ccc(C)c(C)c1.